The Kier molecular flexibility index (Phi) is 7.53. The number of benzene rings is 1. The van der Waals surface area contributed by atoms with Crippen LogP contribution in [0.25, 0.3) is 0 Å². The molecule has 8 nitrogen and oxygen atoms in total. The lowest BCUT2D eigenvalue weighted by molar-refractivity contribution is 0.169. The fourth-order valence-electron chi connectivity index (χ4n) is 3.59. The lowest BCUT2D eigenvalue weighted by Gasteiger charge is -2.35. The average molecular weight is 455 g/mol. The minimum Gasteiger partial charge on any atom is -0.492 e. The molecular weight excluding hydrogens is 423 g/mol. The van der Waals surface area contributed by atoms with Gasteiger partial charge in [0.15, 0.2) is 15.7 Å². The van der Waals surface area contributed by atoms with Crippen LogP contribution in [0.5, 0.6) is 5.75 Å². The third-order valence-corrected chi connectivity index (χ3v) is 6.30. The molecule has 0 radical (unpaired) electrons. The fourth-order valence-corrected chi connectivity index (χ4v) is 4.39. The van der Waals surface area contributed by atoms with Gasteiger partial charge in [-0.2, -0.15) is 4.98 Å². The quantitative estimate of drug-likeness (QED) is 0.572. The molecule has 0 N–H and O–H groups in total. The summed E-state index contributed by atoms with van der Waals surface area (Å²) in [6.07, 6.45) is 3.04. The van der Waals surface area contributed by atoms with Crippen LogP contribution in [0.1, 0.15) is 44.0 Å². The molecule has 1 aromatic carbocycles. The Balaban J connectivity index is 1.43. The van der Waals surface area contributed by atoms with Crippen molar-refractivity contribution in [3.8, 4) is 5.75 Å². The van der Waals surface area contributed by atoms with Crippen molar-refractivity contribution in [2.75, 3.05) is 44.4 Å². The smallest absolute Gasteiger partial charge is 0.324 e. The van der Waals surface area contributed by atoms with Gasteiger partial charge in [0.2, 0.25) is 0 Å². The molecule has 0 aliphatic carbocycles. The average Bonchev–Trinajstić information content (AvgIpc) is 3.20. The van der Waals surface area contributed by atoms with Gasteiger partial charge in [-0.25, -0.2) is 12.8 Å². The predicted octanol–water partition coefficient (Wildman–Crippen LogP) is 2.86. The van der Waals surface area contributed by atoms with E-state index in [1.807, 2.05) is 13.8 Å². The van der Waals surface area contributed by atoms with Crippen molar-refractivity contribution >= 4 is 15.9 Å². The summed E-state index contributed by atoms with van der Waals surface area (Å²) in [6, 6.07) is 5.33. The molecule has 31 heavy (non-hydrogen) atoms. The van der Waals surface area contributed by atoms with Gasteiger partial charge in [0.25, 0.3) is 0 Å². The topological polar surface area (TPSA) is 88.8 Å². The highest BCUT2D eigenvalue weighted by atomic mass is 32.2. The van der Waals surface area contributed by atoms with Crippen molar-refractivity contribution in [3.05, 3.63) is 35.4 Å². The van der Waals surface area contributed by atoms with E-state index >= 15 is 0 Å². The molecule has 0 atom stereocenters. The Morgan fingerprint density at radius 3 is 2.61 bits per heavy atom. The summed E-state index contributed by atoms with van der Waals surface area (Å²) in [4.78, 5) is 8.84. The van der Waals surface area contributed by atoms with Crippen LogP contribution in [-0.2, 0) is 15.6 Å². The first-order valence-electron chi connectivity index (χ1n) is 10.5. The first-order valence-corrected chi connectivity index (χ1v) is 12.6. The van der Waals surface area contributed by atoms with E-state index in [0.717, 1.165) is 38.0 Å². The highest BCUT2D eigenvalue weighted by molar-refractivity contribution is 7.89. The highest BCUT2D eigenvalue weighted by Crippen LogP contribution is 2.23. The molecule has 1 saturated heterocycles. The number of likely N-dealkylation sites (N-methyl/N-ethyl adjacent to an activating group) is 1. The van der Waals surface area contributed by atoms with Crippen LogP contribution < -0.4 is 9.64 Å². The zero-order chi connectivity index (χ0) is 22.6. The number of sulfone groups is 1. The standard InChI is InChI=1S/C21H31FN4O4S/c1-15(2)20-23-21(30-24-20)26-9-7-17(8-10-26)25(3)11-12-29-18-6-5-16(19(22)13-18)14-31(4,27)28/h5-6,13,15,17H,7-12,14H2,1-4H3. The molecule has 1 aromatic heterocycles. The van der Waals surface area contributed by atoms with E-state index in [2.05, 4.69) is 27.0 Å². The number of piperidine rings is 1. The van der Waals surface area contributed by atoms with Gasteiger partial charge in [-0.1, -0.05) is 25.1 Å². The number of aromatic nitrogens is 2. The van der Waals surface area contributed by atoms with Crippen LogP contribution in [0.2, 0.25) is 0 Å². The molecule has 0 saturated carbocycles. The van der Waals surface area contributed by atoms with Crippen LogP contribution in [0.3, 0.4) is 0 Å². The van der Waals surface area contributed by atoms with Crippen LogP contribution in [0.4, 0.5) is 10.4 Å². The van der Waals surface area contributed by atoms with Crippen LogP contribution in [0.15, 0.2) is 22.7 Å². The van der Waals surface area contributed by atoms with Gasteiger partial charge in [0.1, 0.15) is 18.2 Å². The van der Waals surface area contributed by atoms with E-state index in [1.54, 1.807) is 6.07 Å². The number of rotatable bonds is 9. The number of hydrogen-bond donors (Lipinski definition) is 0. The second-order valence-electron chi connectivity index (χ2n) is 8.46. The first-order chi connectivity index (χ1) is 14.6. The van der Waals surface area contributed by atoms with Crippen LogP contribution in [0, 0.1) is 5.82 Å². The fraction of sp³-hybridized carbons (Fsp3) is 0.619. The molecule has 1 aliphatic heterocycles. The van der Waals surface area contributed by atoms with Gasteiger partial charge in [0.05, 0.1) is 5.75 Å². The SMILES string of the molecule is CC(C)c1noc(N2CCC(N(C)CCOc3ccc(CS(C)(=O)=O)c(F)c3)CC2)n1. The first kappa shape index (κ1) is 23.5. The Hall–Kier alpha value is -2.20. The molecule has 0 bridgehead atoms. The Labute approximate surface area is 183 Å². The van der Waals surface area contributed by atoms with Gasteiger partial charge < -0.3 is 14.2 Å². The van der Waals surface area contributed by atoms with Crippen molar-refractivity contribution in [2.24, 2.45) is 0 Å². The zero-order valence-electron chi connectivity index (χ0n) is 18.5. The largest absolute Gasteiger partial charge is 0.492 e. The number of ether oxygens (including phenoxy) is 1. The summed E-state index contributed by atoms with van der Waals surface area (Å²) in [7, 11) is -1.22. The van der Waals surface area contributed by atoms with Gasteiger partial charge in [0, 0.05) is 49.5 Å². The minimum atomic E-state index is -3.28. The van der Waals surface area contributed by atoms with E-state index in [-0.39, 0.29) is 17.2 Å². The maximum atomic E-state index is 14.1. The maximum absolute atomic E-state index is 14.1. The second kappa shape index (κ2) is 9.95. The van der Waals surface area contributed by atoms with Crippen molar-refractivity contribution in [2.45, 2.75) is 44.4 Å². The Bertz CT molecular complexity index is 972. The minimum absolute atomic E-state index is 0.153. The lowest BCUT2D eigenvalue weighted by Crippen LogP contribution is -2.44. The van der Waals surface area contributed by atoms with Crippen molar-refractivity contribution in [1.29, 1.82) is 0 Å². The molecule has 2 aromatic rings. The third-order valence-electron chi connectivity index (χ3n) is 5.46. The van der Waals surface area contributed by atoms with Crippen LogP contribution in [-0.4, -0.2) is 69.0 Å². The number of nitrogens with zero attached hydrogens (tertiary/aromatic N) is 4. The number of anilines is 1. The monoisotopic (exact) mass is 454 g/mol. The molecule has 1 aliphatic rings. The Morgan fingerprint density at radius 1 is 1.32 bits per heavy atom. The van der Waals surface area contributed by atoms with E-state index in [4.69, 9.17) is 9.26 Å². The summed E-state index contributed by atoms with van der Waals surface area (Å²) in [5, 5.41) is 4.03. The molecule has 2 heterocycles. The zero-order valence-corrected chi connectivity index (χ0v) is 19.4. The molecular formula is C21H31FN4O4S. The maximum Gasteiger partial charge on any atom is 0.324 e. The summed E-state index contributed by atoms with van der Waals surface area (Å²) in [6.45, 7) is 6.90. The second-order valence-corrected chi connectivity index (χ2v) is 10.6. The normalized spacial score (nSPS) is 15.8. The molecule has 3 rings (SSSR count). The third kappa shape index (κ3) is 6.64. The van der Waals surface area contributed by atoms with E-state index < -0.39 is 15.7 Å². The van der Waals surface area contributed by atoms with Gasteiger partial charge in [-0.3, -0.25) is 4.90 Å². The van der Waals surface area contributed by atoms with E-state index in [0.29, 0.717) is 31.0 Å². The number of hydrogen-bond acceptors (Lipinski definition) is 8. The molecule has 0 amide bonds. The highest BCUT2D eigenvalue weighted by Gasteiger charge is 2.25. The molecule has 1 fully saturated rings. The summed E-state index contributed by atoms with van der Waals surface area (Å²) in [5.41, 5.74) is 0.153. The predicted molar refractivity (Wildman–Crippen MR) is 117 cm³/mol. The lowest BCUT2D eigenvalue weighted by atomic mass is 10.0. The Morgan fingerprint density at radius 2 is 2.03 bits per heavy atom. The molecule has 10 heteroatoms. The van der Waals surface area contributed by atoms with E-state index in [1.165, 1.54) is 12.1 Å². The molecule has 0 spiro atoms. The summed E-state index contributed by atoms with van der Waals surface area (Å²) >= 11 is 0. The van der Waals surface area contributed by atoms with Gasteiger partial charge in [-0.05, 0) is 26.0 Å². The van der Waals surface area contributed by atoms with Gasteiger partial charge in [-0.15, -0.1) is 0 Å². The van der Waals surface area contributed by atoms with Gasteiger partial charge >= 0.3 is 6.01 Å². The van der Waals surface area contributed by atoms with Crippen molar-refractivity contribution < 1.29 is 22.1 Å². The van der Waals surface area contributed by atoms with Crippen LogP contribution >= 0.6 is 0 Å². The van der Waals surface area contributed by atoms with Crippen molar-refractivity contribution in [1.82, 2.24) is 15.0 Å². The number of halogens is 1. The summed E-state index contributed by atoms with van der Waals surface area (Å²) in [5.74, 6) is 0.487. The summed E-state index contributed by atoms with van der Waals surface area (Å²) < 4.78 is 47.9. The van der Waals surface area contributed by atoms with Crippen molar-refractivity contribution in [3.63, 3.8) is 0 Å². The molecule has 172 valence electrons. The molecule has 0 unspecified atom stereocenters. The van der Waals surface area contributed by atoms with E-state index in [9.17, 15) is 12.8 Å².